The van der Waals surface area contributed by atoms with Gasteiger partial charge in [-0.25, -0.2) is 0 Å². The maximum absolute atomic E-state index is 10.5. The van der Waals surface area contributed by atoms with Gasteiger partial charge in [-0.3, -0.25) is 0 Å². The molecule has 1 aromatic rings. The molecular weight excluding hydrogens is 198 g/mol. The van der Waals surface area contributed by atoms with E-state index < -0.39 is 5.60 Å². The van der Waals surface area contributed by atoms with E-state index >= 15 is 0 Å². The Balaban J connectivity index is 2.88. The van der Waals surface area contributed by atoms with Crippen molar-refractivity contribution < 1.29 is 5.11 Å². The van der Waals surface area contributed by atoms with E-state index in [-0.39, 0.29) is 0 Å². The Kier molecular flexibility index (Phi) is 4.75. The topological polar surface area (TPSA) is 44.0 Å². The molecule has 16 heavy (non-hydrogen) atoms. The van der Waals surface area contributed by atoms with Gasteiger partial charge >= 0.3 is 0 Å². The zero-order valence-electron chi connectivity index (χ0n) is 9.56. The molecule has 0 bridgehead atoms. The minimum Gasteiger partial charge on any atom is -0.385 e. The molecule has 0 aliphatic heterocycles. The first-order valence-electron chi connectivity index (χ1n) is 5.55. The number of nitrogens with zero attached hydrogens (tertiary/aromatic N) is 1. The Morgan fingerprint density at radius 2 is 2.06 bits per heavy atom. The Morgan fingerprint density at radius 3 is 2.62 bits per heavy atom. The van der Waals surface area contributed by atoms with Gasteiger partial charge in [-0.1, -0.05) is 49.8 Å². The van der Waals surface area contributed by atoms with Crippen molar-refractivity contribution in [1.29, 1.82) is 5.26 Å². The van der Waals surface area contributed by atoms with E-state index in [4.69, 9.17) is 5.26 Å². The fourth-order valence-electron chi connectivity index (χ4n) is 1.83. The summed E-state index contributed by atoms with van der Waals surface area (Å²) in [4.78, 5) is 0. The van der Waals surface area contributed by atoms with Gasteiger partial charge in [0.05, 0.1) is 11.7 Å². The van der Waals surface area contributed by atoms with Crippen LogP contribution in [0.5, 0.6) is 0 Å². The van der Waals surface area contributed by atoms with Gasteiger partial charge in [0.2, 0.25) is 0 Å². The van der Waals surface area contributed by atoms with Crippen molar-refractivity contribution >= 4 is 0 Å². The third-order valence-electron chi connectivity index (χ3n) is 2.62. The Morgan fingerprint density at radius 1 is 1.38 bits per heavy atom. The van der Waals surface area contributed by atoms with Crippen LogP contribution in [-0.4, -0.2) is 5.11 Å². The van der Waals surface area contributed by atoms with Crippen molar-refractivity contribution in [2.45, 2.75) is 31.8 Å². The smallest absolute Gasteiger partial charge is 0.0931 e. The van der Waals surface area contributed by atoms with Gasteiger partial charge in [-0.05, 0) is 18.4 Å². The molecule has 1 aromatic carbocycles. The van der Waals surface area contributed by atoms with E-state index in [1.54, 1.807) is 6.08 Å². The summed E-state index contributed by atoms with van der Waals surface area (Å²) in [7, 11) is 0. The van der Waals surface area contributed by atoms with Crippen molar-refractivity contribution in [2.75, 3.05) is 0 Å². The number of rotatable bonds is 5. The van der Waals surface area contributed by atoms with Gasteiger partial charge in [0.25, 0.3) is 0 Å². The predicted molar refractivity (Wildman–Crippen MR) is 64.6 cm³/mol. The second kappa shape index (κ2) is 6.09. The zero-order valence-corrected chi connectivity index (χ0v) is 9.56. The van der Waals surface area contributed by atoms with Crippen molar-refractivity contribution in [3.63, 3.8) is 0 Å². The van der Waals surface area contributed by atoms with Crippen LogP contribution in [0.4, 0.5) is 0 Å². The molecule has 0 fully saturated rings. The molecule has 0 heterocycles. The first-order valence-corrected chi connectivity index (χ1v) is 5.55. The highest BCUT2D eigenvalue weighted by Crippen LogP contribution is 2.30. The lowest BCUT2D eigenvalue weighted by Gasteiger charge is -2.27. The summed E-state index contributed by atoms with van der Waals surface area (Å²) in [5, 5.41) is 19.0. The van der Waals surface area contributed by atoms with E-state index in [1.807, 2.05) is 43.3 Å². The highest BCUT2D eigenvalue weighted by Gasteiger charge is 2.26. The van der Waals surface area contributed by atoms with Gasteiger partial charge in [0, 0.05) is 6.08 Å². The van der Waals surface area contributed by atoms with Crippen molar-refractivity contribution in [2.24, 2.45) is 0 Å². The van der Waals surface area contributed by atoms with Gasteiger partial charge < -0.3 is 5.11 Å². The molecule has 0 spiro atoms. The standard InChI is InChI=1S/C14H17NO/c1-2-10-14(16,11-6-7-12-15)13-8-4-3-5-9-13/h3-9,16H,2,10-11H2,1H3/b7-6-/t14-/m0/s1. The summed E-state index contributed by atoms with van der Waals surface area (Å²) in [5.74, 6) is 0. The third-order valence-corrected chi connectivity index (χ3v) is 2.62. The van der Waals surface area contributed by atoms with E-state index in [9.17, 15) is 5.11 Å². The maximum Gasteiger partial charge on any atom is 0.0931 e. The number of allylic oxidation sites excluding steroid dienone is 1. The third kappa shape index (κ3) is 3.22. The van der Waals surface area contributed by atoms with Crippen molar-refractivity contribution in [3.05, 3.63) is 48.0 Å². The van der Waals surface area contributed by atoms with E-state index in [2.05, 4.69) is 0 Å². The average Bonchev–Trinajstić information content (AvgIpc) is 2.31. The SMILES string of the molecule is CCC[C@](O)(C/C=C\C#N)c1ccccc1. The van der Waals surface area contributed by atoms with Crippen LogP contribution in [0.1, 0.15) is 31.7 Å². The van der Waals surface area contributed by atoms with E-state index in [0.29, 0.717) is 12.8 Å². The van der Waals surface area contributed by atoms with Crippen LogP contribution in [0.3, 0.4) is 0 Å². The lowest BCUT2D eigenvalue weighted by Crippen LogP contribution is -2.24. The van der Waals surface area contributed by atoms with E-state index in [0.717, 1.165) is 12.0 Å². The second-order valence-corrected chi connectivity index (χ2v) is 3.88. The Bertz CT molecular complexity index is 377. The minimum atomic E-state index is -0.844. The number of hydrogen-bond acceptors (Lipinski definition) is 2. The predicted octanol–water partition coefficient (Wildman–Crippen LogP) is 3.14. The summed E-state index contributed by atoms with van der Waals surface area (Å²) in [6.07, 6.45) is 5.24. The summed E-state index contributed by atoms with van der Waals surface area (Å²) in [6, 6.07) is 11.6. The Labute approximate surface area is 96.8 Å². The van der Waals surface area contributed by atoms with Gasteiger partial charge in [0.1, 0.15) is 0 Å². The molecular formula is C14H17NO. The van der Waals surface area contributed by atoms with Crippen molar-refractivity contribution in [1.82, 2.24) is 0 Å². The van der Waals surface area contributed by atoms with Crippen LogP contribution in [0, 0.1) is 11.3 Å². The summed E-state index contributed by atoms with van der Waals surface area (Å²) in [5.41, 5.74) is 0.0723. The molecule has 84 valence electrons. The van der Waals surface area contributed by atoms with Crippen LogP contribution in [0.15, 0.2) is 42.5 Å². The molecule has 0 aromatic heterocycles. The zero-order chi connectivity index (χ0) is 11.9. The summed E-state index contributed by atoms with van der Waals surface area (Å²) >= 11 is 0. The van der Waals surface area contributed by atoms with Crippen LogP contribution < -0.4 is 0 Å². The molecule has 1 atom stereocenters. The van der Waals surface area contributed by atoms with Gasteiger partial charge in [0.15, 0.2) is 0 Å². The first-order chi connectivity index (χ1) is 7.73. The molecule has 0 amide bonds. The van der Waals surface area contributed by atoms with E-state index in [1.165, 1.54) is 6.08 Å². The molecule has 0 aliphatic carbocycles. The largest absolute Gasteiger partial charge is 0.385 e. The molecule has 1 rings (SSSR count). The maximum atomic E-state index is 10.5. The fraction of sp³-hybridized carbons (Fsp3) is 0.357. The van der Waals surface area contributed by atoms with Crippen molar-refractivity contribution in [3.8, 4) is 6.07 Å². The normalized spacial score (nSPS) is 14.6. The average molecular weight is 215 g/mol. The lowest BCUT2D eigenvalue weighted by molar-refractivity contribution is 0.0297. The quantitative estimate of drug-likeness (QED) is 0.767. The molecule has 0 unspecified atom stereocenters. The molecule has 0 saturated carbocycles. The first kappa shape index (κ1) is 12.5. The number of aliphatic hydroxyl groups is 1. The van der Waals surface area contributed by atoms with Crippen LogP contribution in [0.2, 0.25) is 0 Å². The molecule has 2 heteroatoms. The summed E-state index contributed by atoms with van der Waals surface area (Å²) in [6.45, 7) is 2.04. The molecule has 1 N–H and O–H groups in total. The number of benzene rings is 1. The second-order valence-electron chi connectivity index (χ2n) is 3.88. The monoisotopic (exact) mass is 215 g/mol. The molecule has 0 saturated heterocycles. The van der Waals surface area contributed by atoms with Crippen LogP contribution in [-0.2, 0) is 5.60 Å². The number of hydrogen-bond donors (Lipinski definition) is 1. The highest BCUT2D eigenvalue weighted by molar-refractivity contribution is 5.23. The fourth-order valence-corrected chi connectivity index (χ4v) is 1.83. The number of nitriles is 1. The van der Waals surface area contributed by atoms with Crippen LogP contribution in [0.25, 0.3) is 0 Å². The lowest BCUT2D eigenvalue weighted by atomic mass is 9.86. The minimum absolute atomic E-state index is 0.485. The molecule has 0 radical (unpaired) electrons. The molecule has 2 nitrogen and oxygen atoms in total. The highest BCUT2D eigenvalue weighted by atomic mass is 16.3. The summed E-state index contributed by atoms with van der Waals surface area (Å²) < 4.78 is 0. The van der Waals surface area contributed by atoms with Gasteiger partial charge in [-0.2, -0.15) is 5.26 Å². The molecule has 0 aliphatic rings. The van der Waals surface area contributed by atoms with Gasteiger partial charge in [-0.15, -0.1) is 0 Å². The van der Waals surface area contributed by atoms with Crippen LogP contribution >= 0.6 is 0 Å². The Hall–Kier alpha value is -1.59.